The third kappa shape index (κ3) is 3.03. The smallest absolute Gasteiger partial charge is 0.279 e. The summed E-state index contributed by atoms with van der Waals surface area (Å²) in [7, 11) is -3.30. The zero-order valence-corrected chi connectivity index (χ0v) is 13.2. The highest BCUT2D eigenvalue weighted by Crippen LogP contribution is 2.33. The van der Waals surface area contributed by atoms with Crippen LogP contribution in [0, 0.1) is 11.8 Å². The molecule has 0 aromatic rings. The molecule has 1 aliphatic carbocycles. The highest BCUT2D eigenvalue weighted by molar-refractivity contribution is 7.87. The molecular formula is C14H27N3O2S. The average Bonchev–Trinajstić information content (AvgIpc) is 2.86. The Kier molecular flexibility index (Phi) is 4.36. The minimum absolute atomic E-state index is 0.135. The molecule has 1 saturated carbocycles. The van der Waals surface area contributed by atoms with E-state index >= 15 is 0 Å². The largest absolute Gasteiger partial charge is 0.316 e. The lowest BCUT2D eigenvalue weighted by Gasteiger charge is -2.36. The summed E-state index contributed by atoms with van der Waals surface area (Å²) in [6, 6.07) is 0.279. The topological polar surface area (TPSA) is 61.4 Å². The Labute approximate surface area is 122 Å². The fourth-order valence-electron chi connectivity index (χ4n) is 4.11. The molecule has 2 N–H and O–H groups in total. The van der Waals surface area contributed by atoms with Gasteiger partial charge < -0.3 is 5.32 Å². The molecule has 0 aromatic carbocycles. The van der Waals surface area contributed by atoms with E-state index in [4.69, 9.17) is 0 Å². The van der Waals surface area contributed by atoms with Gasteiger partial charge in [-0.15, -0.1) is 0 Å². The van der Waals surface area contributed by atoms with Crippen LogP contribution in [-0.2, 0) is 10.2 Å². The van der Waals surface area contributed by atoms with Crippen molar-refractivity contribution >= 4 is 10.2 Å². The number of piperidine rings is 1. The fraction of sp³-hybridized carbons (Fsp3) is 1.00. The highest BCUT2D eigenvalue weighted by atomic mass is 32.2. The van der Waals surface area contributed by atoms with Gasteiger partial charge in [-0.05, 0) is 64.0 Å². The molecule has 0 amide bonds. The summed E-state index contributed by atoms with van der Waals surface area (Å²) >= 11 is 0. The Bertz CT molecular complexity index is 440. The predicted octanol–water partition coefficient (Wildman–Crippen LogP) is 1.08. The van der Waals surface area contributed by atoms with Gasteiger partial charge in [-0.1, -0.05) is 6.42 Å². The van der Waals surface area contributed by atoms with Crippen molar-refractivity contribution in [1.29, 1.82) is 0 Å². The van der Waals surface area contributed by atoms with Gasteiger partial charge in [0.25, 0.3) is 10.2 Å². The van der Waals surface area contributed by atoms with Crippen LogP contribution in [0.5, 0.6) is 0 Å². The van der Waals surface area contributed by atoms with Crippen LogP contribution in [0.1, 0.15) is 45.4 Å². The van der Waals surface area contributed by atoms with Crippen LogP contribution in [0.15, 0.2) is 0 Å². The van der Waals surface area contributed by atoms with Gasteiger partial charge >= 0.3 is 0 Å². The van der Waals surface area contributed by atoms with E-state index in [9.17, 15) is 8.42 Å². The maximum absolute atomic E-state index is 12.6. The van der Waals surface area contributed by atoms with Crippen LogP contribution >= 0.6 is 0 Å². The SMILES string of the molecule is CC1CCCCN1S(=O)(=O)NC1CC[C@H]2CNC[C@H]2C1. The Hall–Kier alpha value is -0.170. The molecule has 2 aliphatic heterocycles. The zero-order valence-electron chi connectivity index (χ0n) is 12.3. The van der Waals surface area contributed by atoms with Gasteiger partial charge in [-0.2, -0.15) is 17.4 Å². The fourth-order valence-corrected chi connectivity index (χ4v) is 5.83. The zero-order chi connectivity index (χ0) is 14.2. The molecule has 2 unspecified atom stereocenters. The van der Waals surface area contributed by atoms with Crippen LogP contribution in [0.2, 0.25) is 0 Å². The molecular weight excluding hydrogens is 274 g/mol. The second-order valence-electron chi connectivity index (χ2n) is 6.77. The van der Waals surface area contributed by atoms with E-state index in [2.05, 4.69) is 10.0 Å². The monoisotopic (exact) mass is 301 g/mol. The molecule has 4 atom stereocenters. The molecule has 0 radical (unpaired) electrons. The lowest BCUT2D eigenvalue weighted by molar-refractivity contribution is 0.241. The summed E-state index contributed by atoms with van der Waals surface area (Å²) in [4.78, 5) is 0. The van der Waals surface area contributed by atoms with Crippen LogP contribution in [0.4, 0.5) is 0 Å². The van der Waals surface area contributed by atoms with Crippen LogP contribution < -0.4 is 10.0 Å². The van der Waals surface area contributed by atoms with Crippen molar-refractivity contribution in [2.24, 2.45) is 11.8 Å². The lowest BCUT2D eigenvalue weighted by Crippen LogP contribution is -2.51. The Morgan fingerprint density at radius 3 is 2.70 bits per heavy atom. The van der Waals surface area contributed by atoms with Gasteiger partial charge in [0.15, 0.2) is 0 Å². The molecule has 3 rings (SSSR count). The molecule has 3 fully saturated rings. The third-order valence-corrected chi connectivity index (χ3v) is 7.11. The Balaban J connectivity index is 1.61. The van der Waals surface area contributed by atoms with Crippen molar-refractivity contribution in [2.45, 2.75) is 57.5 Å². The standard InChI is InChI=1S/C14H27N3O2S/c1-11-4-2-3-7-17(11)20(18,19)16-14-6-5-12-9-15-10-13(12)8-14/h11-16H,2-10H2,1H3/t11?,12-,13+,14?/m0/s1. The third-order valence-electron chi connectivity index (χ3n) is 5.32. The van der Waals surface area contributed by atoms with Crippen LogP contribution in [0.25, 0.3) is 0 Å². The first-order chi connectivity index (χ1) is 9.56. The Morgan fingerprint density at radius 2 is 1.90 bits per heavy atom. The molecule has 0 spiro atoms. The first-order valence-electron chi connectivity index (χ1n) is 8.06. The van der Waals surface area contributed by atoms with E-state index in [1.54, 1.807) is 4.31 Å². The van der Waals surface area contributed by atoms with Gasteiger partial charge in [0.1, 0.15) is 0 Å². The molecule has 0 bridgehead atoms. The number of rotatable bonds is 3. The summed E-state index contributed by atoms with van der Waals surface area (Å²) < 4.78 is 29.8. The summed E-state index contributed by atoms with van der Waals surface area (Å²) in [6.07, 6.45) is 6.26. The van der Waals surface area contributed by atoms with Crippen molar-refractivity contribution < 1.29 is 8.42 Å². The minimum Gasteiger partial charge on any atom is -0.316 e. The number of fused-ring (bicyclic) bond motifs is 1. The predicted molar refractivity (Wildman–Crippen MR) is 79.6 cm³/mol. The minimum atomic E-state index is -3.30. The molecule has 0 aromatic heterocycles. The van der Waals surface area contributed by atoms with Gasteiger partial charge in [0.05, 0.1) is 0 Å². The lowest BCUT2D eigenvalue weighted by atomic mass is 9.79. The molecule has 3 aliphatic rings. The van der Waals surface area contributed by atoms with Crippen LogP contribution in [-0.4, -0.2) is 44.4 Å². The second kappa shape index (κ2) is 5.91. The van der Waals surface area contributed by atoms with E-state index in [0.717, 1.165) is 57.5 Å². The van der Waals surface area contributed by atoms with Crippen molar-refractivity contribution in [1.82, 2.24) is 14.3 Å². The van der Waals surface area contributed by atoms with Gasteiger partial charge in [-0.3, -0.25) is 0 Å². The number of nitrogens with zero attached hydrogens (tertiary/aromatic N) is 1. The molecule has 20 heavy (non-hydrogen) atoms. The van der Waals surface area contributed by atoms with E-state index in [-0.39, 0.29) is 12.1 Å². The molecule has 2 saturated heterocycles. The van der Waals surface area contributed by atoms with E-state index in [0.29, 0.717) is 12.5 Å². The normalized spacial score (nSPS) is 39.6. The molecule has 6 heteroatoms. The summed E-state index contributed by atoms with van der Waals surface area (Å²) in [5.74, 6) is 1.43. The highest BCUT2D eigenvalue weighted by Gasteiger charge is 2.37. The van der Waals surface area contributed by atoms with E-state index in [1.807, 2.05) is 6.92 Å². The van der Waals surface area contributed by atoms with E-state index < -0.39 is 10.2 Å². The van der Waals surface area contributed by atoms with Crippen molar-refractivity contribution in [2.75, 3.05) is 19.6 Å². The summed E-state index contributed by atoms with van der Waals surface area (Å²) in [5.41, 5.74) is 0. The number of hydrogen-bond donors (Lipinski definition) is 2. The van der Waals surface area contributed by atoms with Gasteiger partial charge in [-0.25, -0.2) is 0 Å². The second-order valence-corrected chi connectivity index (χ2v) is 8.42. The van der Waals surface area contributed by atoms with Crippen molar-refractivity contribution in [3.05, 3.63) is 0 Å². The maximum atomic E-state index is 12.6. The Morgan fingerprint density at radius 1 is 1.10 bits per heavy atom. The van der Waals surface area contributed by atoms with Crippen molar-refractivity contribution in [3.8, 4) is 0 Å². The average molecular weight is 301 g/mol. The molecule has 5 nitrogen and oxygen atoms in total. The maximum Gasteiger partial charge on any atom is 0.279 e. The van der Waals surface area contributed by atoms with Crippen molar-refractivity contribution in [3.63, 3.8) is 0 Å². The molecule has 2 heterocycles. The van der Waals surface area contributed by atoms with E-state index in [1.165, 1.54) is 0 Å². The summed E-state index contributed by atoms with van der Waals surface area (Å²) in [6.45, 7) is 4.88. The van der Waals surface area contributed by atoms with Crippen LogP contribution in [0.3, 0.4) is 0 Å². The van der Waals surface area contributed by atoms with Gasteiger partial charge in [0, 0.05) is 18.6 Å². The van der Waals surface area contributed by atoms with Gasteiger partial charge in [0.2, 0.25) is 0 Å². The first kappa shape index (κ1) is 14.8. The number of hydrogen-bond acceptors (Lipinski definition) is 3. The summed E-state index contributed by atoms with van der Waals surface area (Å²) in [5, 5.41) is 3.43. The first-order valence-corrected chi connectivity index (χ1v) is 9.50. The quantitative estimate of drug-likeness (QED) is 0.820. The molecule has 116 valence electrons. The number of nitrogens with one attached hydrogen (secondary N) is 2.